The standard InChI is InChI=1S/C15H20BrNO2/c1-11(12-4-3-5-13(16)10-12)17-8-6-15(2,7-9-17)14(18)19/h3-5,10-11H,6-9H2,1-2H3,(H,18,19). The molecule has 0 aromatic heterocycles. The van der Waals surface area contributed by atoms with Crippen LogP contribution in [0.4, 0.5) is 0 Å². The van der Waals surface area contributed by atoms with Crippen LogP contribution in [0.3, 0.4) is 0 Å². The van der Waals surface area contributed by atoms with Gasteiger partial charge in [0, 0.05) is 10.5 Å². The maximum atomic E-state index is 11.2. The first-order valence-corrected chi connectivity index (χ1v) is 7.44. The molecule has 19 heavy (non-hydrogen) atoms. The Balaban J connectivity index is 2.04. The van der Waals surface area contributed by atoms with E-state index in [4.69, 9.17) is 0 Å². The lowest BCUT2D eigenvalue weighted by Crippen LogP contribution is -2.43. The highest BCUT2D eigenvalue weighted by Crippen LogP contribution is 2.34. The molecule has 1 aliphatic heterocycles. The van der Waals surface area contributed by atoms with Crippen molar-refractivity contribution in [2.75, 3.05) is 13.1 Å². The van der Waals surface area contributed by atoms with E-state index in [1.165, 1.54) is 5.56 Å². The van der Waals surface area contributed by atoms with Gasteiger partial charge in [-0.2, -0.15) is 0 Å². The van der Waals surface area contributed by atoms with E-state index in [1.807, 2.05) is 19.1 Å². The molecule has 0 aliphatic carbocycles. The highest BCUT2D eigenvalue weighted by molar-refractivity contribution is 9.10. The van der Waals surface area contributed by atoms with Gasteiger partial charge in [0.05, 0.1) is 5.41 Å². The number of piperidine rings is 1. The van der Waals surface area contributed by atoms with E-state index in [1.54, 1.807) is 0 Å². The maximum Gasteiger partial charge on any atom is 0.309 e. The number of carboxylic acid groups (broad SMARTS) is 1. The fourth-order valence-corrected chi connectivity index (χ4v) is 3.01. The van der Waals surface area contributed by atoms with Gasteiger partial charge >= 0.3 is 5.97 Å². The Morgan fingerprint density at radius 2 is 2.05 bits per heavy atom. The number of halogens is 1. The van der Waals surface area contributed by atoms with Gasteiger partial charge in [-0.3, -0.25) is 9.69 Å². The molecule has 2 rings (SSSR count). The molecule has 1 unspecified atom stereocenters. The molecular weight excluding hydrogens is 306 g/mol. The van der Waals surface area contributed by atoms with Gasteiger partial charge in [0.2, 0.25) is 0 Å². The van der Waals surface area contributed by atoms with Crippen LogP contribution in [-0.4, -0.2) is 29.1 Å². The molecule has 1 aliphatic rings. The summed E-state index contributed by atoms with van der Waals surface area (Å²) in [7, 11) is 0. The minimum Gasteiger partial charge on any atom is -0.481 e. The quantitative estimate of drug-likeness (QED) is 0.921. The highest BCUT2D eigenvalue weighted by Gasteiger charge is 2.37. The molecule has 1 atom stereocenters. The Labute approximate surface area is 122 Å². The molecule has 1 aromatic rings. The smallest absolute Gasteiger partial charge is 0.309 e. The van der Waals surface area contributed by atoms with Gasteiger partial charge in [0.1, 0.15) is 0 Å². The van der Waals surface area contributed by atoms with Gasteiger partial charge in [-0.15, -0.1) is 0 Å². The summed E-state index contributed by atoms with van der Waals surface area (Å²) >= 11 is 3.50. The molecule has 1 saturated heterocycles. The van der Waals surface area contributed by atoms with Crippen molar-refractivity contribution < 1.29 is 9.90 Å². The molecule has 1 heterocycles. The largest absolute Gasteiger partial charge is 0.481 e. The zero-order valence-electron chi connectivity index (χ0n) is 11.4. The lowest BCUT2D eigenvalue weighted by atomic mass is 9.80. The van der Waals surface area contributed by atoms with Crippen LogP contribution in [0.15, 0.2) is 28.7 Å². The van der Waals surface area contributed by atoms with Gasteiger partial charge in [-0.25, -0.2) is 0 Å². The van der Waals surface area contributed by atoms with Gasteiger partial charge in [-0.1, -0.05) is 28.1 Å². The molecule has 104 valence electrons. The molecule has 4 heteroatoms. The third kappa shape index (κ3) is 3.18. The van der Waals surface area contributed by atoms with Crippen molar-refractivity contribution in [3.63, 3.8) is 0 Å². The summed E-state index contributed by atoms with van der Waals surface area (Å²) in [6.45, 7) is 5.73. The van der Waals surface area contributed by atoms with Crippen molar-refractivity contribution in [1.29, 1.82) is 0 Å². The molecule has 0 spiro atoms. The minimum atomic E-state index is -0.665. The monoisotopic (exact) mass is 325 g/mol. The van der Waals surface area contributed by atoms with Gasteiger partial charge in [0.15, 0.2) is 0 Å². The van der Waals surface area contributed by atoms with Crippen LogP contribution >= 0.6 is 15.9 Å². The van der Waals surface area contributed by atoms with Crippen molar-refractivity contribution in [3.8, 4) is 0 Å². The highest BCUT2D eigenvalue weighted by atomic mass is 79.9. The van der Waals surface area contributed by atoms with Crippen LogP contribution < -0.4 is 0 Å². The topological polar surface area (TPSA) is 40.5 Å². The first-order valence-electron chi connectivity index (χ1n) is 6.65. The first-order chi connectivity index (χ1) is 8.92. The lowest BCUT2D eigenvalue weighted by Gasteiger charge is -2.39. The molecular formula is C15H20BrNO2. The lowest BCUT2D eigenvalue weighted by molar-refractivity contribution is -0.151. The first kappa shape index (κ1) is 14.5. The van der Waals surface area contributed by atoms with Crippen molar-refractivity contribution in [1.82, 2.24) is 4.90 Å². The van der Waals surface area contributed by atoms with E-state index >= 15 is 0 Å². The Bertz CT molecular complexity index is 467. The Morgan fingerprint density at radius 1 is 1.42 bits per heavy atom. The molecule has 3 nitrogen and oxygen atoms in total. The molecule has 0 bridgehead atoms. The number of carboxylic acids is 1. The third-order valence-corrected chi connectivity index (χ3v) is 4.79. The van der Waals surface area contributed by atoms with Crippen LogP contribution in [0.5, 0.6) is 0 Å². The fourth-order valence-electron chi connectivity index (χ4n) is 2.60. The molecule has 1 fully saturated rings. The van der Waals surface area contributed by atoms with Crippen LogP contribution in [0.1, 0.15) is 38.3 Å². The third-order valence-electron chi connectivity index (χ3n) is 4.30. The normalized spacial score (nSPS) is 21.0. The summed E-state index contributed by atoms with van der Waals surface area (Å²) in [5.41, 5.74) is 0.723. The zero-order valence-corrected chi connectivity index (χ0v) is 13.0. The van der Waals surface area contributed by atoms with E-state index in [2.05, 4.69) is 39.9 Å². The molecule has 1 N–H and O–H groups in total. The zero-order chi connectivity index (χ0) is 14.0. The second-order valence-electron chi connectivity index (χ2n) is 5.63. The summed E-state index contributed by atoms with van der Waals surface area (Å²) < 4.78 is 1.09. The second-order valence-corrected chi connectivity index (χ2v) is 6.55. The van der Waals surface area contributed by atoms with Crippen molar-refractivity contribution in [3.05, 3.63) is 34.3 Å². The van der Waals surface area contributed by atoms with Gasteiger partial charge in [-0.05, 0) is 57.5 Å². The summed E-state index contributed by atoms with van der Waals surface area (Å²) in [4.78, 5) is 13.6. The van der Waals surface area contributed by atoms with E-state index < -0.39 is 11.4 Å². The molecule has 0 radical (unpaired) electrons. The molecule has 0 amide bonds. The summed E-state index contributed by atoms with van der Waals surface area (Å²) in [6, 6.07) is 8.65. The van der Waals surface area contributed by atoms with Crippen LogP contribution in [0, 0.1) is 5.41 Å². The van der Waals surface area contributed by atoms with Crippen LogP contribution in [-0.2, 0) is 4.79 Å². The molecule has 1 aromatic carbocycles. The minimum absolute atomic E-state index is 0.329. The van der Waals surface area contributed by atoms with E-state index in [0.717, 1.165) is 30.4 Å². The average molecular weight is 326 g/mol. The van der Waals surface area contributed by atoms with E-state index in [0.29, 0.717) is 6.04 Å². The number of benzene rings is 1. The number of carbonyl (C=O) groups is 1. The van der Waals surface area contributed by atoms with Crippen molar-refractivity contribution in [2.24, 2.45) is 5.41 Å². The SMILES string of the molecule is CC(c1cccc(Br)c1)N1CCC(C)(C(=O)O)CC1. The van der Waals surface area contributed by atoms with Crippen LogP contribution in [0.25, 0.3) is 0 Å². The number of hydrogen-bond donors (Lipinski definition) is 1. The Kier molecular flexibility index (Phi) is 4.31. The predicted molar refractivity (Wildman–Crippen MR) is 79.1 cm³/mol. The van der Waals surface area contributed by atoms with E-state index in [-0.39, 0.29) is 0 Å². The summed E-state index contributed by atoms with van der Waals surface area (Å²) in [5.74, 6) is -0.665. The Hall–Kier alpha value is -0.870. The predicted octanol–water partition coefficient (Wildman–Crippen LogP) is 3.70. The van der Waals surface area contributed by atoms with Crippen molar-refractivity contribution >= 4 is 21.9 Å². The summed E-state index contributed by atoms with van der Waals surface area (Å²) in [6.07, 6.45) is 1.45. The number of nitrogens with zero attached hydrogens (tertiary/aromatic N) is 1. The Morgan fingerprint density at radius 3 is 2.58 bits per heavy atom. The fraction of sp³-hybridized carbons (Fsp3) is 0.533. The number of rotatable bonds is 3. The van der Waals surface area contributed by atoms with E-state index in [9.17, 15) is 9.90 Å². The summed E-state index contributed by atoms with van der Waals surface area (Å²) in [5, 5.41) is 9.25. The number of aliphatic carboxylic acids is 1. The average Bonchev–Trinajstić information content (AvgIpc) is 2.38. The second kappa shape index (κ2) is 5.63. The number of hydrogen-bond acceptors (Lipinski definition) is 2. The van der Waals surface area contributed by atoms with Gasteiger partial charge < -0.3 is 5.11 Å². The van der Waals surface area contributed by atoms with Crippen molar-refractivity contribution in [2.45, 2.75) is 32.7 Å². The number of likely N-dealkylation sites (tertiary alicyclic amines) is 1. The van der Waals surface area contributed by atoms with Crippen LogP contribution in [0.2, 0.25) is 0 Å². The maximum absolute atomic E-state index is 11.2. The molecule has 0 saturated carbocycles. The van der Waals surface area contributed by atoms with Gasteiger partial charge in [0.25, 0.3) is 0 Å².